The summed E-state index contributed by atoms with van der Waals surface area (Å²) < 4.78 is 0. The molecule has 3 rings (SSSR count). The van der Waals surface area contributed by atoms with Gasteiger partial charge in [0.2, 0.25) is 0 Å². The minimum absolute atomic E-state index is 0.0222. The number of hydrogen-bond acceptors (Lipinski definition) is 3. The van der Waals surface area contributed by atoms with Crippen molar-refractivity contribution >= 4 is 28.9 Å². The Bertz CT molecular complexity index is 651. The molecule has 1 aliphatic rings. The van der Waals surface area contributed by atoms with Gasteiger partial charge in [-0.2, -0.15) is 0 Å². The summed E-state index contributed by atoms with van der Waals surface area (Å²) in [4.78, 5) is 18.5. The molecule has 2 aromatic rings. The summed E-state index contributed by atoms with van der Waals surface area (Å²) in [5.74, 6) is 0.0222. The second kappa shape index (κ2) is 6.79. The van der Waals surface area contributed by atoms with Crippen molar-refractivity contribution in [2.24, 2.45) is 0 Å². The van der Waals surface area contributed by atoms with Crippen LogP contribution in [0.1, 0.15) is 29.8 Å². The Labute approximate surface area is 135 Å². The molecule has 5 heteroatoms. The fourth-order valence-electron chi connectivity index (χ4n) is 2.59. The van der Waals surface area contributed by atoms with Gasteiger partial charge in [-0.1, -0.05) is 17.7 Å². The van der Waals surface area contributed by atoms with Crippen LogP contribution in [-0.2, 0) is 0 Å². The fourth-order valence-corrected chi connectivity index (χ4v) is 2.78. The molecule has 0 bridgehead atoms. The molecule has 0 atom stereocenters. The molecule has 2 heterocycles. The number of halogens is 1. The molecule has 1 N–H and O–H groups in total. The number of aromatic nitrogens is 1. The van der Waals surface area contributed by atoms with E-state index in [9.17, 15) is 4.79 Å². The van der Waals surface area contributed by atoms with Gasteiger partial charge in [0.1, 0.15) is 5.69 Å². The molecule has 1 amide bonds. The van der Waals surface area contributed by atoms with Gasteiger partial charge >= 0.3 is 0 Å². The first-order valence-corrected chi connectivity index (χ1v) is 7.88. The SMILES string of the molecule is O=C(c1ccc(Nc2cccc(Cl)c2)cn1)N1CCCCC1. The van der Waals surface area contributed by atoms with E-state index in [1.165, 1.54) is 6.42 Å². The lowest BCUT2D eigenvalue weighted by atomic mass is 10.1. The monoisotopic (exact) mass is 315 g/mol. The zero-order chi connectivity index (χ0) is 15.4. The summed E-state index contributed by atoms with van der Waals surface area (Å²) in [5, 5.41) is 3.89. The lowest BCUT2D eigenvalue weighted by Gasteiger charge is -2.26. The Hall–Kier alpha value is -2.07. The lowest BCUT2D eigenvalue weighted by molar-refractivity contribution is 0.0718. The van der Waals surface area contributed by atoms with Crippen molar-refractivity contribution in [3.05, 3.63) is 53.3 Å². The number of benzene rings is 1. The summed E-state index contributed by atoms with van der Waals surface area (Å²) in [7, 11) is 0. The van der Waals surface area contributed by atoms with Gasteiger partial charge in [0, 0.05) is 23.8 Å². The van der Waals surface area contributed by atoms with Gasteiger partial charge in [-0.25, -0.2) is 4.98 Å². The average molecular weight is 316 g/mol. The number of carbonyl (C=O) groups is 1. The molecule has 1 fully saturated rings. The predicted octanol–water partition coefficient (Wildman–Crippen LogP) is 4.10. The number of nitrogens with zero attached hydrogens (tertiary/aromatic N) is 2. The van der Waals surface area contributed by atoms with Crippen LogP contribution in [0.15, 0.2) is 42.6 Å². The van der Waals surface area contributed by atoms with Crippen molar-refractivity contribution in [2.75, 3.05) is 18.4 Å². The minimum Gasteiger partial charge on any atom is -0.354 e. The first-order valence-electron chi connectivity index (χ1n) is 7.50. The van der Waals surface area contributed by atoms with Crippen LogP contribution < -0.4 is 5.32 Å². The molecule has 0 aliphatic carbocycles. The molecule has 22 heavy (non-hydrogen) atoms. The highest BCUT2D eigenvalue weighted by Gasteiger charge is 2.18. The van der Waals surface area contributed by atoms with Crippen LogP contribution in [0.3, 0.4) is 0 Å². The third-order valence-corrected chi connectivity index (χ3v) is 3.97. The number of likely N-dealkylation sites (tertiary alicyclic amines) is 1. The predicted molar refractivity (Wildman–Crippen MR) is 88.7 cm³/mol. The maximum absolute atomic E-state index is 12.3. The van der Waals surface area contributed by atoms with Crippen molar-refractivity contribution < 1.29 is 4.79 Å². The molecule has 0 saturated carbocycles. The van der Waals surface area contributed by atoms with E-state index in [0.29, 0.717) is 10.7 Å². The maximum atomic E-state index is 12.3. The maximum Gasteiger partial charge on any atom is 0.272 e. The van der Waals surface area contributed by atoms with Gasteiger partial charge in [0.15, 0.2) is 0 Å². The largest absolute Gasteiger partial charge is 0.354 e. The van der Waals surface area contributed by atoms with E-state index < -0.39 is 0 Å². The molecular weight excluding hydrogens is 298 g/mol. The molecule has 0 unspecified atom stereocenters. The van der Waals surface area contributed by atoms with E-state index in [1.54, 1.807) is 12.3 Å². The highest BCUT2D eigenvalue weighted by Crippen LogP contribution is 2.20. The first kappa shape index (κ1) is 14.9. The molecule has 1 saturated heterocycles. The molecule has 1 aromatic carbocycles. The normalized spacial score (nSPS) is 14.7. The number of rotatable bonds is 3. The molecule has 1 aliphatic heterocycles. The van der Waals surface area contributed by atoms with Gasteiger partial charge in [0.25, 0.3) is 5.91 Å². The van der Waals surface area contributed by atoms with Crippen LogP contribution in [0.25, 0.3) is 0 Å². The van der Waals surface area contributed by atoms with Gasteiger partial charge in [-0.05, 0) is 49.6 Å². The Kier molecular flexibility index (Phi) is 4.59. The van der Waals surface area contributed by atoms with Crippen LogP contribution in [0.5, 0.6) is 0 Å². The summed E-state index contributed by atoms with van der Waals surface area (Å²) in [5.41, 5.74) is 2.22. The van der Waals surface area contributed by atoms with E-state index in [1.807, 2.05) is 35.2 Å². The number of hydrogen-bond donors (Lipinski definition) is 1. The number of carbonyl (C=O) groups excluding carboxylic acids is 1. The quantitative estimate of drug-likeness (QED) is 0.927. The molecular formula is C17H18ClN3O. The average Bonchev–Trinajstić information content (AvgIpc) is 2.56. The topological polar surface area (TPSA) is 45.2 Å². The van der Waals surface area contributed by atoms with E-state index in [2.05, 4.69) is 10.3 Å². The zero-order valence-corrected chi connectivity index (χ0v) is 13.0. The van der Waals surface area contributed by atoms with Gasteiger partial charge in [-0.3, -0.25) is 4.79 Å². The van der Waals surface area contributed by atoms with Crippen LogP contribution in [0, 0.1) is 0 Å². The molecule has 1 aromatic heterocycles. The van der Waals surface area contributed by atoms with E-state index >= 15 is 0 Å². The second-order valence-corrected chi connectivity index (χ2v) is 5.86. The number of nitrogens with one attached hydrogen (secondary N) is 1. The standard InChI is InChI=1S/C17H18ClN3O/c18-13-5-4-6-14(11-13)20-15-7-8-16(19-12-15)17(22)21-9-2-1-3-10-21/h4-8,11-12,20H,1-3,9-10H2. The number of amides is 1. The van der Waals surface area contributed by atoms with Gasteiger partial charge in [0.05, 0.1) is 11.9 Å². The van der Waals surface area contributed by atoms with Crippen LogP contribution in [0.2, 0.25) is 5.02 Å². The number of pyridine rings is 1. The minimum atomic E-state index is 0.0222. The lowest BCUT2D eigenvalue weighted by Crippen LogP contribution is -2.36. The zero-order valence-electron chi connectivity index (χ0n) is 12.3. The summed E-state index contributed by atoms with van der Waals surface area (Å²) >= 11 is 5.96. The van der Waals surface area contributed by atoms with E-state index in [4.69, 9.17) is 11.6 Å². The van der Waals surface area contributed by atoms with E-state index in [0.717, 1.165) is 37.3 Å². The van der Waals surface area contributed by atoms with Crippen LogP contribution >= 0.6 is 11.6 Å². The number of anilines is 2. The molecule has 114 valence electrons. The molecule has 0 spiro atoms. The Balaban J connectivity index is 1.68. The first-order chi connectivity index (χ1) is 10.7. The summed E-state index contributed by atoms with van der Waals surface area (Å²) in [6.07, 6.45) is 5.05. The molecule has 0 radical (unpaired) electrons. The third-order valence-electron chi connectivity index (χ3n) is 3.74. The van der Waals surface area contributed by atoms with Crippen LogP contribution in [0.4, 0.5) is 11.4 Å². The third kappa shape index (κ3) is 3.57. The molecule has 4 nitrogen and oxygen atoms in total. The highest BCUT2D eigenvalue weighted by molar-refractivity contribution is 6.30. The second-order valence-electron chi connectivity index (χ2n) is 5.42. The smallest absolute Gasteiger partial charge is 0.272 e. The Morgan fingerprint density at radius 1 is 1.09 bits per heavy atom. The number of piperidine rings is 1. The van der Waals surface area contributed by atoms with Crippen molar-refractivity contribution in [3.63, 3.8) is 0 Å². The van der Waals surface area contributed by atoms with Crippen molar-refractivity contribution in [1.29, 1.82) is 0 Å². The summed E-state index contributed by atoms with van der Waals surface area (Å²) in [6, 6.07) is 11.1. The van der Waals surface area contributed by atoms with Crippen molar-refractivity contribution in [1.82, 2.24) is 9.88 Å². The van der Waals surface area contributed by atoms with Crippen molar-refractivity contribution in [3.8, 4) is 0 Å². The summed E-state index contributed by atoms with van der Waals surface area (Å²) in [6.45, 7) is 1.67. The van der Waals surface area contributed by atoms with Crippen LogP contribution in [-0.4, -0.2) is 28.9 Å². The van der Waals surface area contributed by atoms with Crippen molar-refractivity contribution in [2.45, 2.75) is 19.3 Å². The Morgan fingerprint density at radius 3 is 2.59 bits per heavy atom. The van der Waals surface area contributed by atoms with Gasteiger partial charge < -0.3 is 10.2 Å². The van der Waals surface area contributed by atoms with E-state index in [-0.39, 0.29) is 5.91 Å². The fraction of sp³-hybridized carbons (Fsp3) is 0.294. The Morgan fingerprint density at radius 2 is 1.91 bits per heavy atom. The highest BCUT2D eigenvalue weighted by atomic mass is 35.5. The van der Waals surface area contributed by atoms with Gasteiger partial charge in [-0.15, -0.1) is 0 Å².